The highest BCUT2D eigenvalue weighted by molar-refractivity contribution is 7.09. The summed E-state index contributed by atoms with van der Waals surface area (Å²) in [6.07, 6.45) is 1.68. The van der Waals surface area contributed by atoms with Crippen molar-refractivity contribution in [2.75, 3.05) is 0 Å². The van der Waals surface area contributed by atoms with Gasteiger partial charge >= 0.3 is 5.97 Å². The van der Waals surface area contributed by atoms with Crippen LogP contribution in [0, 0.1) is 6.92 Å². The molecule has 0 aromatic carbocycles. The zero-order valence-electron chi connectivity index (χ0n) is 12.5. The second kappa shape index (κ2) is 5.84. The van der Waals surface area contributed by atoms with Gasteiger partial charge < -0.3 is 9.26 Å². The van der Waals surface area contributed by atoms with Crippen LogP contribution in [0.2, 0.25) is 0 Å². The minimum Gasteiger partial charge on any atom is -0.456 e. The number of carbonyl (C=O) groups is 1. The van der Waals surface area contributed by atoms with Gasteiger partial charge in [-0.2, -0.15) is 0 Å². The molecule has 0 aliphatic heterocycles. The van der Waals surface area contributed by atoms with Crippen LogP contribution in [0.4, 0.5) is 0 Å². The lowest BCUT2D eigenvalue weighted by atomic mass is 10.0. The molecule has 3 aromatic rings. The SMILES string of the molecule is Cc1noc2nc(C(C)C)cc(C(=O)OCc3cncs3)c12. The molecule has 0 bridgehead atoms. The van der Waals surface area contributed by atoms with Gasteiger partial charge in [-0.3, -0.25) is 4.98 Å². The summed E-state index contributed by atoms with van der Waals surface area (Å²) in [5.41, 5.74) is 3.91. The monoisotopic (exact) mass is 317 g/mol. The lowest BCUT2D eigenvalue weighted by Gasteiger charge is -2.08. The van der Waals surface area contributed by atoms with Crippen molar-refractivity contribution in [1.29, 1.82) is 0 Å². The van der Waals surface area contributed by atoms with Crippen molar-refractivity contribution in [2.24, 2.45) is 0 Å². The highest BCUT2D eigenvalue weighted by Crippen LogP contribution is 2.26. The van der Waals surface area contributed by atoms with Crippen LogP contribution in [0.3, 0.4) is 0 Å². The minimum atomic E-state index is -0.408. The first-order valence-electron chi connectivity index (χ1n) is 6.87. The lowest BCUT2D eigenvalue weighted by Crippen LogP contribution is -2.08. The van der Waals surface area contributed by atoms with E-state index in [1.807, 2.05) is 13.8 Å². The molecule has 114 valence electrons. The minimum absolute atomic E-state index is 0.169. The normalized spacial score (nSPS) is 11.3. The van der Waals surface area contributed by atoms with E-state index in [0.717, 1.165) is 10.6 Å². The number of fused-ring (bicyclic) bond motifs is 1. The van der Waals surface area contributed by atoms with Crippen molar-refractivity contribution in [3.63, 3.8) is 0 Å². The van der Waals surface area contributed by atoms with Gasteiger partial charge in [0.25, 0.3) is 5.71 Å². The van der Waals surface area contributed by atoms with Crippen LogP contribution in [0.5, 0.6) is 0 Å². The Kier molecular flexibility index (Phi) is 3.89. The smallest absolute Gasteiger partial charge is 0.339 e. The van der Waals surface area contributed by atoms with E-state index in [1.54, 1.807) is 24.7 Å². The predicted molar refractivity (Wildman–Crippen MR) is 81.9 cm³/mol. The standard InChI is InChI=1S/C15H15N3O3S/c1-8(2)12-4-11(13-9(3)18-21-14(13)17-12)15(19)20-6-10-5-16-7-22-10/h4-5,7-8H,6H2,1-3H3. The summed E-state index contributed by atoms with van der Waals surface area (Å²) in [4.78, 5) is 21.7. The molecule has 0 fully saturated rings. The number of esters is 1. The van der Waals surface area contributed by atoms with Crippen LogP contribution >= 0.6 is 11.3 Å². The van der Waals surface area contributed by atoms with Gasteiger partial charge in [-0.1, -0.05) is 19.0 Å². The largest absolute Gasteiger partial charge is 0.456 e. The average molecular weight is 317 g/mol. The Labute approximate surface area is 131 Å². The second-order valence-corrected chi connectivity index (χ2v) is 6.21. The van der Waals surface area contributed by atoms with Crippen molar-refractivity contribution < 1.29 is 14.1 Å². The number of hydrogen-bond donors (Lipinski definition) is 0. The number of rotatable bonds is 4. The topological polar surface area (TPSA) is 78.1 Å². The molecule has 0 saturated heterocycles. The molecule has 3 aromatic heterocycles. The summed E-state index contributed by atoms with van der Waals surface area (Å²) in [6.45, 7) is 5.99. The molecule has 0 spiro atoms. The van der Waals surface area contributed by atoms with E-state index in [0.29, 0.717) is 22.4 Å². The second-order valence-electron chi connectivity index (χ2n) is 5.24. The van der Waals surface area contributed by atoms with E-state index in [-0.39, 0.29) is 12.5 Å². The molecule has 0 saturated carbocycles. The van der Waals surface area contributed by atoms with Crippen LogP contribution < -0.4 is 0 Å². The first-order chi connectivity index (χ1) is 10.6. The van der Waals surface area contributed by atoms with Crippen molar-refractivity contribution in [1.82, 2.24) is 15.1 Å². The Morgan fingerprint density at radius 3 is 2.95 bits per heavy atom. The molecule has 0 aliphatic rings. The first kappa shape index (κ1) is 14.6. The Bertz CT molecular complexity index is 809. The first-order valence-corrected chi connectivity index (χ1v) is 7.75. The van der Waals surface area contributed by atoms with Gasteiger partial charge in [0.15, 0.2) is 0 Å². The molecular weight excluding hydrogens is 302 g/mol. The highest BCUT2D eigenvalue weighted by Gasteiger charge is 2.20. The van der Waals surface area contributed by atoms with Gasteiger partial charge in [0, 0.05) is 11.9 Å². The molecule has 0 unspecified atom stereocenters. The average Bonchev–Trinajstić information content (AvgIpc) is 3.14. The van der Waals surface area contributed by atoms with Gasteiger partial charge in [-0.25, -0.2) is 9.78 Å². The Balaban J connectivity index is 1.96. The zero-order valence-corrected chi connectivity index (χ0v) is 13.3. The molecule has 7 heteroatoms. The van der Waals surface area contributed by atoms with Crippen LogP contribution in [0.1, 0.15) is 46.4 Å². The van der Waals surface area contributed by atoms with Crippen LogP contribution in [-0.2, 0) is 11.3 Å². The molecule has 3 heterocycles. The number of hydrogen-bond acceptors (Lipinski definition) is 7. The molecule has 3 rings (SSSR count). The summed E-state index contributed by atoms with van der Waals surface area (Å²) < 4.78 is 10.6. The summed E-state index contributed by atoms with van der Waals surface area (Å²) in [5.74, 6) is -0.239. The number of ether oxygens (including phenoxy) is 1. The maximum atomic E-state index is 12.4. The summed E-state index contributed by atoms with van der Waals surface area (Å²) in [7, 11) is 0. The van der Waals surface area contributed by atoms with Crippen LogP contribution in [-0.4, -0.2) is 21.1 Å². The zero-order chi connectivity index (χ0) is 15.7. The quantitative estimate of drug-likeness (QED) is 0.686. The fourth-order valence-corrected chi connectivity index (χ4v) is 2.60. The summed E-state index contributed by atoms with van der Waals surface area (Å²) in [5, 5.41) is 4.51. The third-order valence-corrected chi connectivity index (χ3v) is 4.03. The maximum Gasteiger partial charge on any atom is 0.339 e. The van der Waals surface area contributed by atoms with E-state index in [1.165, 1.54) is 11.3 Å². The number of nitrogens with zero attached hydrogens (tertiary/aromatic N) is 3. The third kappa shape index (κ3) is 2.71. The molecule has 22 heavy (non-hydrogen) atoms. The highest BCUT2D eigenvalue weighted by atomic mass is 32.1. The number of aromatic nitrogens is 3. The third-order valence-electron chi connectivity index (χ3n) is 3.28. The van der Waals surface area contributed by atoms with Gasteiger partial charge in [0.1, 0.15) is 6.61 Å². The van der Waals surface area contributed by atoms with Crippen LogP contribution in [0.15, 0.2) is 22.3 Å². The number of carbonyl (C=O) groups excluding carboxylic acids is 1. The van der Waals surface area contributed by atoms with Crippen molar-refractivity contribution >= 4 is 28.4 Å². The van der Waals surface area contributed by atoms with E-state index >= 15 is 0 Å². The number of aryl methyl sites for hydroxylation is 1. The van der Waals surface area contributed by atoms with E-state index in [4.69, 9.17) is 9.26 Å². The Morgan fingerprint density at radius 2 is 2.27 bits per heavy atom. The number of thiazole rings is 1. The van der Waals surface area contributed by atoms with Crippen LogP contribution in [0.25, 0.3) is 11.1 Å². The number of pyridine rings is 1. The fraction of sp³-hybridized carbons (Fsp3) is 0.333. The van der Waals surface area contributed by atoms with Gasteiger partial charge in [-0.15, -0.1) is 11.3 Å². The molecule has 6 nitrogen and oxygen atoms in total. The molecular formula is C15H15N3O3S. The van der Waals surface area contributed by atoms with E-state index in [9.17, 15) is 4.79 Å². The molecule has 0 amide bonds. The lowest BCUT2D eigenvalue weighted by molar-refractivity contribution is 0.0478. The molecule has 0 atom stereocenters. The Morgan fingerprint density at radius 1 is 1.45 bits per heavy atom. The Hall–Kier alpha value is -2.28. The molecule has 0 radical (unpaired) electrons. The van der Waals surface area contributed by atoms with Gasteiger partial charge in [0.05, 0.1) is 27.0 Å². The summed E-state index contributed by atoms with van der Waals surface area (Å²) >= 11 is 1.45. The summed E-state index contributed by atoms with van der Waals surface area (Å²) in [6, 6.07) is 1.76. The van der Waals surface area contributed by atoms with Gasteiger partial charge in [-0.05, 0) is 18.9 Å². The maximum absolute atomic E-state index is 12.4. The van der Waals surface area contributed by atoms with Crippen molar-refractivity contribution in [2.45, 2.75) is 33.3 Å². The van der Waals surface area contributed by atoms with Crippen molar-refractivity contribution in [3.8, 4) is 0 Å². The van der Waals surface area contributed by atoms with Gasteiger partial charge in [0.2, 0.25) is 0 Å². The van der Waals surface area contributed by atoms with E-state index < -0.39 is 5.97 Å². The van der Waals surface area contributed by atoms with Crippen molar-refractivity contribution in [3.05, 3.63) is 39.6 Å². The fourth-order valence-electron chi connectivity index (χ4n) is 2.10. The molecule has 0 N–H and O–H groups in total. The predicted octanol–water partition coefficient (Wildman–Crippen LogP) is 3.47. The van der Waals surface area contributed by atoms with E-state index in [2.05, 4.69) is 15.1 Å². The molecule has 0 aliphatic carbocycles.